The minimum atomic E-state index is -0.242. The van der Waals surface area contributed by atoms with E-state index in [0.717, 1.165) is 16.5 Å². The normalized spacial score (nSPS) is 11.8. The third-order valence-corrected chi connectivity index (χ3v) is 4.94. The van der Waals surface area contributed by atoms with Gasteiger partial charge in [-0.2, -0.15) is 0 Å². The molecule has 0 saturated carbocycles. The van der Waals surface area contributed by atoms with E-state index in [1.807, 2.05) is 67.6 Å². The van der Waals surface area contributed by atoms with Crippen molar-refractivity contribution in [2.45, 2.75) is 13.0 Å². The van der Waals surface area contributed by atoms with Gasteiger partial charge in [-0.1, -0.05) is 54.6 Å². The van der Waals surface area contributed by atoms with Gasteiger partial charge in [0, 0.05) is 23.5 Å². The molecule has 0 spiro atoms. The second-order valence-corrected chi connectivity index (χ2v) is 7.13. The summed E-state index contributed by atoms with van der Waals surface area (Å²) < 4.78 is 5.35. The first-order chi connectivity index (χ1) is 14.6. The number of furan rings is 1. The average molecular weight is 398 g/mol. The number of carbonyl (C=O) groups is 2. The topological polar surface area (TPSA) is 71.3 Å². The van der Waals surface area contributed by atoms with Crippen LogP contribution < -0.4 is 10.6 Å². The Bertz CT molecular complexity index is 1180. The molecule has 0 aliphatic rings. The van der Waals surface area contributed by atoms with Gasteiger partial charge in [-0.05, 0) is 42.3 Å². The summed E-state index contributed by atoms with van der Waals surface area (Å²) in [4.78, 5) is 25.5. The molecular weight excluding hydrogens is 376 g/mol. The Balaban J connectivity index is 1.41. The first-order valence-electron chi connectivity index (χ1n) is 9.83. The maximum absolute atomic E-state index is 12.9. The van der Waals surface area contributed by atoms with E-state index < -0.39 is 0 Å². The van der Waals surface area contributed by atoms with Gasteiger partial charge < -0.3 is 15.1 Å². The first-order valence-corrected chi connectivity index (χ1v) is 9.83. The predicted octanol–water partition coefficient (Wildman–Crippen LogP) is 4.65. The zero-order valence-electron chi connectivity index (χ0n) is 16.6. The van der Waals surface area contributed by atoms with Gasteiger partial charge in [-0.3, -0.25) is 9.59 Å². The molecule has 2 N–H and O–H groups in total. The molecule has 0 bridgehead atoms. The van der Waals surface area contributed by atoms with Gasteiger partial charge in [-0.25, -0.2) is 0 Å². The molecule has 4 rings (SSSR count). The van der Waals surface area contributed by atoms with E-state index in [1.54, 1.807) is 24.5 Å². The molecule has 1 atom stereocenters. The Kier molecular flexibility index (Phi) is 5.61. The van der Waals surface area contributed by atoms with Crippen molar-refractivity contribution >= 4 is 22.8 Å². The van der Waals surface area contributed by atoms with E-state index >= 15 is 0 Å². The van der Waals surface area contributed by atoms with Gasteiger partial charge in [0.2, 0.25) is 0 Å². The van der Waals surface area contributed by atoms with Crippen LogP contribution in [0.15, 0.2) is 89.5 Å². The number of benzene rings is 3. The minimum absolute atomic E-state index is 0.173. The third kappa shape index (κ3) is 4.10. The molecule has 3 aromatic carbocycles. The van der Waals surface area contributed by atoms with Gasteiger partial charge in [0.25, 0.3) is 11.8 Å². The zero-order valence-corrected chi connectivity index (χ0v) is 16.6. The van der Waals surface area contributed by atoms with Gasteiger partial charge in [-0.15, -0.1) is 0 Å². The summed E-state index contributed by atoms with van der Waals surface area (Å²) in [6, 6.07) is 24.2. The lowest BCUT2D eigenvalue weighted by Crippen LogP contribution is -2.42. The van der Waals surface area contributed by atoms with Gasteiger partial charge >= 0.3 is 0 Å². The molecule has 30 heavy (non-hydrogen) atoms. The fourth-order valence-corrected chi connectivity index (χ4v) is 3.44. The van der Waals surface area contributed by atoms with Crippen molar-refractivity contribution in [3.05, 3.63) is 96.3 Å². The molecule has 5 nitrogen and oxygen atoms in total. The summed E-state index contributed by atoms with van der Waals surface area (Å²) in [6.07, 6.45) is 1.56. The van der Waals surface area contributed by atoms with Crippen LogP contribution in [0.25, 0.3) is 22.1 Å². The number of nitrogens with one attached hydrogen (secondary N) is 2. The number of amides is 2. The highest BCUT2D eigenvalue weighted by atomic mass is 16.3. The molecule has 0 fully saturated rings. The molecular formula is C25H22N2O3. The Morgan fingerprint density at radius 3 is 2.40 bits per heavy atom. The fourth-order valence-electron chi connectivity index (χ4n) is 3.44. The Labute approximate surface area is 174 Å². The lowest BCUT2D eigenvalue weighted by Gasteiger charge is -2.17. The van der Waals surface area contributed by atoms with Crippen LogP contribution in [0.4, 0.5) is 0 Å². The van der Waals surface area contributed by atoms with Crippen LogP contribution in [0.1, 0.15) is 27.6 Å². The van der Waals surface area contributed by atoms with Crippen molar-refractivity contribution in [3.8, 4) is 11.1 Å². The lowest BCUT2D eigenvalue weighted by atomic mass is 9.99. The van der Waals surface area contributed by atoms with E-state index in [2.05, 4.69) is 10.6 Å². The van der Waals surface area contributed by atoms with Crippen molar-refractivity contribution in [3.63, 3.8) is 0 Å². The maximum Gasteiger partial charge on any atom is 0.252 e. The van der Waals surface area contributed by atoms with E-state index in [4.69, 9.17) is 4.42 Å². The molecule has 4 aromatic rings. The number of hydrogen-bond donors (Lipinski definition) is 2. The number of carbonyl (C=O) groups excluding carboxylic acids is 2. The monoisotopic (exact) mass is 398 g/mol. The van der Waals surface area contributed by atoms with Crippen LogP contribution in [0, 0.1) is 0 Å². The standard InChI is InChI=1S/C25H22N2O3/c1-17(16-26-24(28)22-12-7-13-23-20(22)14-15-30-23)27-25(29)21-11-6-5-10-19(21)18-8-3-2-4-9-18/h2-15,17H,16H2,1H3,(H,26,28)(H,27,29)/t17-/m0/s1. The van der Waals surface area contributed by atoms with Crippen molar-refractivity contribution in [2.75, 3.05) is 6.54 Å². The highest BCUT2D eigenvalue weighted by Gasteiger charge is 2.16. The quantitative estimate of drug-likeness (QED) is 0.497. The largest absolute Gasteiger partial charge is 0.464 e. The van der Waals surface area contributed by atoms with Crippen molar-refractivity contribution in [1.29, 1.82) is 0 Å². The number of hydrogen-bond acceptors (Lipinski definition) is 3. The molecule has 0 aliphatic heterocycles. The van der Waals surface area contributed by atoms with E-state index in [-0.39, 0.29) is 17.9 Å². The molecule has 1 heterocycles. The molecule has 1 aromatic heterocycles. The molecule has 150 valence electrons. The third-order valence-electron chi connectivity index (χ3n) is 4.94. The molecule has 0 unspecified atom stereocenters. The second kappa shape index (κ2) is 8.66. The Morgan fingerprint density at radius 1 is 0.833 bits per heavy atom. The Morgan fingerprint density at radius 2 is 1.57 bits per heavy atom. The first kappa shape index (κ1) is 19.5. The van der Waals surface area contributed by atoms with Crippen molar-refractivity contribution in [2.24, 2.45) is 0 Å². The smallest absolute Gasteiger partial charge is 0.252 e. The fraction of sp³-hybridized carbons (Fsp3) is 0.120. The summed E-state index contributed by atoms with van der Waals surface area (Å²) in [6.45, 7) is 2.17. The molecule has 0 aliphatic carbocycles. The second-order valence-electron chi connectivity index (χ2n) is 7.13. The van der Waals surface area contributed by atoms with Crippen LogP contribution in [0.3, 0.4) is 0 Å². The summed E-state index contributed by atoms with van der Waals surface area (Å²) in [5.74, 6) is -0.374. The zero-order chi connectivity index (χ0) is 20.9. The SMILES string of the molecule is C[C@@H](CNC(=O)c1cccc2occc12)NC(=O)c1ccccc1-c1ccccc1. The van der Waals surface area contributed by atoms with Crippen LogP contribution in [0.5, 0.6) is 0 Å². The molecule has 5 heteroatoms. The summed E-state index contributed by atoms with van der Waals surface area (Å²) in [5, 5.41) is 6.63. The van der Waals surface area contributed by atoms with Gasteiger partial charge in [0.05, 0.1) is 11.8 Å². The minimum Gasteiger partial charge on any atom is -0.464 e. The molecule has 2 amide bonds. The average Bonchev–Trinajstić information content (AvgIpc) is 3.27. The maximum atomic E-state index is 12.9. The van der Waals surface area contributed by atoms with Gasteiger partial charge in [0.1, 0.15) is 5.58 Å². The lowest BCUT2D eigenvalue weighted by molar-refractivity contribution is 0.0913. The van der Waals surface area contributed by atoms with Crippen LogP contribution in [0.2, 0.25) is 0 Å². The predicted molar refractivity (Wildman–Crippen MR) is 117 cm³/mol. The highest BCUT2D eigenvalue weighted by molar-refractivity contribution is 6.06. The highest BCUT2D eigenvalue weighted by Crippen LogP contribution is 2.23. The van der Waals surface area contributed by atoms with E-state index in [1.165, 1.54) is 0 Å². The van der Waals surface area contributed by atoms with Crippen molar-refractivity contribution in [1.82, 2.24) is 10.6 Å². The van der Waals surface area contributed by atoms with Crippen molar-refractivity contribution < 1.29 is 14.0 Å². The van der Waals surface area contributed by atoms with Crippen LogP contribution in [-0.2, 0) is 0 Å². The summed E-state index contributed by atoms with van der Waals surface area (Å²) in [7, 11) is 0. The van der Waals surface area contributed by atoms with Crippen LogP contribution >= 0.6 is 0 Å². The van der Waals surface area contributed by atoms with E-state index in [9.17, 15) is 9.59 Å². The van der Waals surface area contributed by atoms with E-state index in [0.29, 0.717) is 23.3 Å². The van der Waals surface area contributed by atoms with Gasteiger partial charge in [0.15, 0.2) is 0 Å². The number of fused-ring (bicyclic) bond motifs is 1. The number of rotatable bonds is 6. The summed E-state index contributed by atoms with van der Waals surface area (Å²) >= 11 is 0. The summed E-state index contributed by atoms with van der Waals surface area (Å²) in [5.41, 5.74) is 3.68. The molecule has 0 radical (unpaired) electrons. The molecule has 0 saturated heterocycles. The van der Waals surface area contributed by atoms with Crippen LogP contribution in [-0.4, -0.2) is 24.4 Å². The Hall–Kier alpha value is -3.86.